The van der Waals surface area contributed by atoms with Crippen LogP contribution in [0.4, 0.5) is 10.5 Å². The Morgan fingerprint density at radius 2 is 1.82 bits per heavy atom. The minimum absolute atomic E-state index is 0.149. The number of likely N-dealkylation sites (tertiary alicyclic amines) is 1. The molecular weight excluding hydrogens is 382 g/mol. The highest BCUT2D eigenvalue weighted by molar-refractivity contribution is 7.88. The molecule has 0 bridgehead atoms. The van der Waals surface area contributed by atoms with Crippen molar-refractivity contribution < 1.29 is 22.7 Å². The van der Waals surface area contributed by atoms with E-state index in [1.807, 2.05) is 0 Å². The number of nitrogens with one attached hydrogen (secondary N) is 2. The number of carbonyl (C=O) groups excluding carboxylic acids is 2. The number of nitrogens with zero attached hydrogens (tertiary/aromatic N) is 1. The fraction of sp³-hybridized carbons (Fsp3) is 0.579. The van der Waals surface area contributed by atoms with Crippen LogP contribution < -0.4 is 10.0 Å². The van der Waals surface area contributed by atoms with Gasteiger partial charge < -0.3 is 9.64 Å². The summed E-state index contributed by atoms with van der Waals surface area (Å²) in [6, 6.07) is 6.40. The first kappa shape index (κ1) is 22.2. The summed E-state index contributed by atoms with van der Waals surface area (Å²) in [6.45, 7) is 6.14. The minimum Gasteiger partial charge on any atom is -0.444 e. The maximum atomic E-state index is 12.9. The lowest BCUT2D eigenvalue weighted by Gasteiger charge is -2.35. The minimum atomic E-state index is -3.31. The first-order chi connectivity index (χ1) is 12.9. The molecule has 2 N–H and O–H groups in total. The Kier molecular flexibility index (Phi) is 7.06. The molecule has 1 fully saturated rings. The number of carbonyl (C=O) groups is 2. The molecular formula is C19H29N3O5S. The van der Waals surface area contributed by atoms with E-state index in [4.69, 9.17) is 4.74 Å². The van der Waals surface area contributed by atoms with Gasteiger partial charge in [0.25, 0.3) is 5.91 Å². The summed E-state index contributed by atoms with van der Waals surface area (Å²) in [6.07, 6.45) is 3.15. The molecule has 1 aliphatic rings. The smallest absolute Gasteiger partial charge is 0.412 e. The number of rotatable bonds is 5. The Morgan fingerprint density at radius 3 is 2.39 bits per heavy atom. The quantitative estimate of drug-likeness (QED) is 0.775. The van der Waals surface area contributed by atoms with Crippen molar-refractivity contribution in [3.05, 3.63) is 29.8 Å². The standard InChI is InChI=1S/C19H29N3O5S/c1-19(2,3)27-18(24)21-15-10-8-14(9-11-15)17(23)22-12-6-5-7-16(22)13-20-28(4,25)26/h8-11,16,20H,5-7,12-13H2,1-4H3,(H,21,24). The molecule has 1 unspecified atom stereocenters. The number of amides is 2. The molecule has 2 rings (SSSR count). The summed E-state index contributed by atoms with van der Waals surface area (Å²) in [5.74, 6) is -0.149. The maximum absolute atomic E-state index is 12.9. The van der Waals surface area contributed by atoms with E-state index in [9.17, 15) is 18.0 Å². The van der Waals surface area contributed by atoms with Gasteiger partial charge in [-0.1, -0.05) is 0 Å². The van der Waals surface area contributed by atoms with Gasteiger partial charge in [-0.2, -0.15) is 0 Å². The number of anilines is 1. The first-order valence-electron chi connectivity index (χ1n) is 9.30. The van der Waals surface area contributed by atoms with Gasteiger partial charge in [-0.25, -0.2) is 17.9 Å². The van der Waals surface area contributed by atoms with E-state index >= 15 is 0 Å². The Bertz CT molecular complexity index is 800. The second kappa shape index (κ2) is 8.91. The number of benzene rings is 1. The predicted molar refractivity (Wildman–Crippen MR) is 108 cm³/mol. The number of hydrogen-bond acceptors (Lipinski definition) is 5. The summed E-state index contributed by atoms with van der Waals surface area (Å²) in [5, 5.41) is 2.63. The van der Waals surface area contributed by atoms with Gasteiger partial charge >= 0.3 is 6.09 Å². The van der Waals surface area contributed by atoms with Crippen molar-refractivity contribution in [2.45, 2.75) is 51.7 Å². The van der Waals surface area contributed by atoms with Crippen LogP contribution in [0.1, 0.15) is 50.4 Å². The van der Waals surface area contributed by atoms with E-state index < -0.39 is 21.7 Å². The van der Waals surface area contributed by atoms with E-state index in [1.54, 1.807) is 49.9 Å². The van der Waals surface area contributed by atoms with E-state index in [2.05, 4.69) is 10.0 Å². The van der Waals surface area contributed by atoms with Crippen molar-refractivity contribution in [1.29, 1.82) is 0 Å². The third-order valence-electron chi connectivity index (χ3n) is 4.25. The summed E-state index contributed by atoms with van der Waals surface area (Å²) in [7, 11) is -3.31. The summed E-state index contributed by atoms with van der Waals surface area (Å²) < 4.78 is 30.4. The fourth-order valence-corrected chi connectivity index (χ4v) is 3.51. The molecule has 1 saturated heterocycles. The van der Waals surface area contributed by atoms with E-state index in [1.165, 1.54) is 0 Å². The molecule has 1 aromatic carbocycles. The number of hydrogen-bond donors (Lipinski definition) is 2. The zero-order valence-electron chi connectivity index (χ0n) is 16.8. The second-order valence-electron chi connectivity index (χ2n) is 7.97. The van der Waals surface area contributed by atoms with Gasteiger partial charge in [-0.05, 0) is 64.3 Å². The SMILES string of the molecule is CC(C)(C)OC(=O)Nc1ccc(C(=O)N2CCCCC2CNS(C)(=O)=O)cc1. The lowest BCUT2D eigenvalue weighted by atomic mass is 10.0. The first-order valence-corrected chi connectivity index (χ1v) is 11.2. The average Bonchev–Trinajstić information content (AvgIpc) is 2.58. The van der Waals surface area contributed by atoms with Gasteiger partial charge in [0.05, 0.1) is 6.26 Å². The third kappa shape index (κ3) is 7.12. The molecule has 0 radical (unpaired) electrons. The third-order valence-corrected chi connectivity index (χ3v) is 4.94. The van der Waals surface area contributed by atoms with Crippen molar-refractivity contribution in [1.82, 2.24) is 9.62 Å². The fourth-order valence-electron chi connectivity index (χ4n) is 3.01. The Labute approximate surface area is 166 Å². The van der Waals surface area contributed by atoms with E-state index in [0.29, 0.717) is 17.8 Å². The van der Waals surface area contributed by atoms with Crippen LogP contribution in [-0.2, 0) is 14.8 Å². The lowest BCUT2D eigenvalue weighted by Crippen LogP contribution is -2.49. The number of ether oxygens (including phenoxy) is 1. The predicted octanol–water partition coefficient (Wildman–Crippen LogP) is 2.58. The summed E-state index contributed by atoms with van der Waals surface area (Å²) in [4.78, 5) is 26.4. The van der Waals surface area contributed by atoms with E-state index in [0.717, 1.165) is 25.5 Å². The molecule has 0 aliphatic carbocycles. The molecule has 9 heteroatoms. The van der Waals surface area contributed by atoms with Gasteiger partial charge in [0.1, 0.15) is 5.60 Å². The van der Waals surface area contributed by atoms with E-state index in [-0.39, 0.29) is 18.5 Å². The van der Waals surface area contributed by atoms with Crippen LogP contribution in [-0.4, -0.2) is 56.3 Å². The van der Waals surface area contributed by atoms with Gasteiger partial charge in [0.2, 0.25) is 10.0 Å². The van der Waals surface area contributed by atoms with Crippen LogP contribution in [0, 0.1) is 0 Å². The van der Waals surface area contributed by atoms with Crippen LogP contribution in [0.3, 0.4) is 0 Å². The molecule has 1 heterocycles. The Balaban J connectivity index is 2.03. The van der Waals surface area contributed by atoms with Crippen LogP contribution in [0.5, 0.6) is 0 Å². The second-order valence-corrected chi connectivity index (χ2v) is 9.81. The maximum Gasteiger partial charge on any atom is 0.412 e. The summed E-state index contributed by atoms with van der Waals surface area (Å²) in [5.41, 5.74) is 0.421. The average molecular weight is 412 g/mol. The van der Waals surface area contributed by atoms with Crippen LogP contribution >= 0.6 is 0 Å². The zero-order chi connectivity index (χ0) is 20.9. The molecule has 1 aliphatic heterocycles. The van der Waals surface area contributed by atoms with Crippen molar-refractivity contribution in [2.24, 2.45) is 0 Å². The molecule has 156 valence electrons. The molecule has 0 saturated carbocycles. The Morgan fingerprint density at radius 1 is 1.18 bits per heavy atom. The monoisotopic (exact) mass is 411 g/mol. The van der Waals surface area contributed by atoms with Gasteiger partial charge in [0.15, 0.2) is 0 Å². The topological polar surface area (TPSA) is 105 Å². The highest BCUT2D eigenvalue weighted by Crippen LogP contribution is 2.21. The highest BCUT2D eigenvalue weighted by atomic mass is 32.2. The van der Waals surface area contributed by atoms with Crippen molar-refractivity contribution in [2.75, 3.05) is 24.7 Å². The molecule has 0 spiro atoms. The van der Waals surface area contributed by atoms with Crippen molar-refractivity contribution in [3.8, 4) is 0 Å². The number of piperidine rings is 1. The molecule has 2 amide bonds. The van der Waals surface area contributed by atoms with Crippen LogP contribution in [0.15, 0.2) is 24.3 Å². The van der Waals surface area contributed by atoms with Crippen molar-refractivity contribution in [3.63, 3.8) is 0 Å². The summed E-state index contributed by atoms with van der Waals surface area (Å²) >= 11 is 0. The zero-order valence-corrected chi connectivity index (χ0v) is 17.6. The van der Waals surface area contributed by atoms with Gasteiger partial charge in [-0.3, -0.25) is 10.1 Å². The van der Waals surface area contributed by atoms with Gasteiger partial charge in [-0.15, -0.1) is 0 Å². The molecule has 8 nitrogen and oxygen atoms in total. The number of sulfonamides is 1. The highest BCUT2D eigenvalue weighted by Gasteiger charge is 2.28. The molecule has 0 aromatic heterocycles. The van der Waals surface area contributed by atoms with Crippen LogP contribution in [0.2, 0.25) is 0 Å². The largest absolute Gasteiger partial charge is 0.444 e. The molecule has 1 aromatic rings. The normalized spacial score (nSPS) is 17.9. The van der Waals surface area contributed by atoms with Crippen LogP contribution in [0.25, 0.3) is 0 Å². The molecule has 28 heavy (non-hydrogen) atoms. The van der Waals surface area contributed by atoms with Gasteiger partial charge in [0, 0.05) is 30.4 Å². The molecule has 1 atom stereocenters. The lowest BCUT2D eigenvalue weighted by molar-refractivity contribution is 0.0616. The Hall–Kier alpha value is -2.13. The van der Waals surface area contributed by atoms with Crippen molar-refractivity contribution >= 4 is 27.7 Å².